The molecule has 0 unspecified atom stereocenters. The van der Waals surface area contributed by atoms with Crippen LogP contribution in [0, 0.1) is 11.8 Å². The highest BCUT2D eigenvalue weighted by Crippen LogP contribution is 2.23. The van der Waals surface area contributed by atoms with E-state index in [0.717, 1.165) is 23.4 Å². The van der Waals surface area contributed by atoms with Crippen LogP contribution in [0.3, 0.4) is 0 Å². The van der Waals surface area contributed by atoms with Gasteiger partial charge in [-0.25, -0.2) is 0 Å². The lowest BCUT2D eigenvalue weighted by Crippen LogP contribution is -2.49. The fraction of sp³-hybridized carbons (Fsp3) is 0.320. The van der Waals surface area contributed by atoms with Crippen LogP contribution in [0.15, 0.2) is 60.7 Å². The lowest BCUT2D eigenvalue weighted by molar-refractivity contribution is -0.147. The summed E-state index contributed by atoms with van der Waals surface area (Å²) < 4.78 is 1.90. The van der Waals surface area contributed by atoms with Crippen LogP contribution in [0.2, 0.25) is 0 Å². The smallest absolute Gasteiger partial charge is 0.309 e. The van der Waals surface area contributed by atoms with Crippen LogP contribution in [0.4, 0.5) is 5.69 Å². The van der Waals surface area contributed by atoms with Gasteiger partial charge in [-0.3, -0.25) is 19.2 Å². The molecule has 1 aromatic heterocycles. The Labute approximate surface area is 187 Å². The molecule has 1 aliphatic heterocycles. The molecular weight excluding hydrogens is 404 g/mol. The lowest BCUT2D eigenvalue weighted by atomic mass is 9.99. The lowest BCUT2D eigenvalue weighted by Gasteiger charge is -2.36. The predicted molar refractivity (Wildman–Crippen MR) is 123 cm³/mol. The van der Waals surface area contributed by atoms with Gasteiger partial charge >= 0.3 is 5.97 Å². The number of aliphatic carboxylic acids is 1. The zero-order chi connectivity index (χ0) is 22.7. The molecule has 2 N–H and O–H groups in total. The largest absolute Gasteiger partial charge is 0.481 e. The summed E-state index contributed by atoms with van der Waals surface area (Å²) in [5, 5.41) is 16.5. The molecule has 4 rings (SSSR count). The molecule has 2 aromatic carbocycles. The van der Waals surface area contributed by atoms with Gasteiger partial charge in [0.1, 0.15) is 0 Å². The van der Waals surface area contributed by atoms with Crippen molar-refractivity contribution in [3.63, 3.8) is 0 Å². The molecule has 166 valence electrons. The molecule has 32 heavy (non-hydrogen) atoms. The molecule has 1 fully saturated rings. The molecule has 0 spiro atoms. The zero-order valence-corrected chi connectivity index (χ0v) is 18.4. The van der Waals surface area contributed by atoms with E-state index >= 15 is 0 Å². The quantitative estimate of drug-likeness (QED) is 0.562. The molecule has 1 saturated heterocycles. The highest BCUT2D eigenvalue weighted by molar-refractivity contribution is 6.03. The zero-order valence-electron chi connectivity index (χ0n) is 18.4. The summed E-state index contributed by atoms with van der Waals surface area (Å²) in [6.45, 7) is 6.84. The van der Waals surface area contributed by atoms with E-state index in [1.165, 1.54) is 0 Å². The summed E-state index contributed by atoms with van der Waals surface area (Å²) >= 11 is 0. The fourth-order valence-corrected chi connectivity index (χ4v) is 3.86. The minimum atomic E-state index is -0.731. The van der Waals surface area contributed by atoms with E-state index in [2.05, 4.69) is 29.2 Å². The minimum absolute atomic E-state index is 0.246. The Kier molecular flexibility index (Phi) is 6.37. The first-order valence-electron chi connectivity index (χ1n) is 10.9. The second-order valence-corrected chi connectivity index (χ2v) is 8.74. The molecule has 3 aromatic rings. The Morgan fingerprint density at radius 2 is 1.78 bits per heavy atom. The van der Waals surface area contributed by atoms with Crippen LogP contribution in [-0.2, 0) is 17.9 Å². The monoisotopic (exact) mass is 432 g/mol. The van der Waals surface area contributed by atoms with Crippen molar-refractivity contribution in [3.05, 3.63) is 71.9 Å². The number of rotatable bonds is 8. The van der Waals surface area contributed by atoms with E-state index in [4.69, 9.17) is 5.11 Å². The average Bonchev–Trinajstić information content (AvgIpc) is 3.15. The van der Waals surface area contributed by atoms with Gasteiger partial charge in [-0.1, -0.05) is 56.3 Å². The number of hydrogen-bond acceptors (Lipinski definition) is 4. The summed E-state index contributed by atoms with van der Waals surface area (Å²) in [6.07, 6.45) is 0. The number of carboxylic acids is 1. The number of benzene rings is 2. The predicted octanol–water partition coefficient (Wildman–Crippen LogP) is 3.97. The summed E-state index contributed by atoms with van der Waals surface area (Å²) in [7, 11) is 0. The van der Waals surface area contributed by atoms with Crippen molar-refractivity contribution in [1.82, 2.24) is 14.7 Å². The molecular formula is C25H28N4O3. The van der Waals surface area contributed by atoms with E-state index in [1.54, 1.807) is 0 Å². The van der Waals surface area contributed by atoms with Gasteiger partial charge in [0.05, 0.1) is 11.6 Å². The minimum Gasteiger partial charge on any atom is -0.481 e. The molecule has 7 nitrogen and oxygen atoms in total. The SMILES string of the molecule is CC(C)Cn1nc(C(=O)Nc2ccc(CN3CC(C(=O)O)C3)cc2)cc1-c1ccccc1. The van der Waals surface area contributed by atoms with Crippen LogP contribution >= 0.6 is 0 Å². The third-order valence-electron chi connectivity index (χ3n) is 5.54. The fourth-order valence-electron chi connectivity index (χ4n) is 3.86. The second kappa shape index (κ2) is 9.36. The van der Waals surface area contributed by atoms with Crippen molar-refractivity contribution in [1.29, 1.82) is 0 Å². The number of hydrogen-bond donors (Lipinski definition) is 2. The summed E-state index contributed by atoms with van der Waals surface area (Å²) in [5.41, 5.74) is 4.12. The van der Waals surface area contributed by atoms with Crippen LogP contribution in [0.1, 0.15) is 29.9 Å². The van der Waals surface area contributed by atoms with Crippen molar-refractivity contribution < 1.29 is 14.7 Å². The molecule has 1 amide bonds. The Morgan fingerprint density at radius 1 is 1.09 bits per heavy atom. The van der Waals surface area contributed by atoms with Crippen LogP contribution in [0.5, 0.6) is 0 Å². The normalized spacial score (nSPS) is 14.3. The number of likely N-dealkylation sites (tertiary alicyclic amines) is 1. The topological polar surface area (TPSA) is 87.5 Å². The second-order valence-electron chi connectivity index (χ2n) is 8.74. The van der Waals surface area contributed by atoms with Crippen LogP contribution in [-0.4, -0.2) is 44.8 Å². The molecule has 0 radical (unpaired) electrons. The van der Waals surface area contributed by atoms with Gasteiger partial charge in [0.15, 0.2) is 5.69 Å². The van der Waals surface area contributed by atoms with Crippen molar-refractivity contribution in [3.8, 4) is 11.3 Å². The van der Waals surface area contributed by atoms with E-state index in [1.807, 2.05) is 65.3 Å². The van der Waals surface area contributed by atoms with Crippen molar-refractivity contribution in [2.45, 2.75) is 26.9 Å². The number of nitrogens with one attached hydrogen (secondary N) is 1. The molecule has 7 heteroatoms. The first-order valence-corrected chi connectivity index (χ1v) is 10.9. The summed E-state index contributed by atoms with van der Waals surface area (Å²) in [6, 6.07) is 19.4. The Morgan fingerprint density at radius 3 is 2.41 bits per heavy atom. The molecule has 2 heterocycles. The van der Waals surface area contributed by atoms with Gasteiger partial charge in [0.2, 0.25) is 0 Å². The molecule has 0 bridgehead atoms. The summed E-state index contributed by atoms with van der Waals surface area (Å²) in [4.78, 5) is 25.9. The molecule has 0 aliphatic carbocycles. The molecule has 1 aliphatic rings. The first-order chi connectivity index (χ1) is 15.4. The Hall–Kier alpha value is -3.45. The maximum Gasteiger partial charge on any atom is 0.309 e. The standard InChI is InChI=1S/C25H28N4O3/c1-17(2)13-29-23(19-6-4-3-5-7-19)12-22(27-29)24(30)26-21-10-8-18(9-11-21)14-28-15-20(16-28)25(31)32/h3-12,17,20H,13-16H2,1-2H3,(H,26,30)(H,31,32). The number of anilines is 1. The number of aromatic nitrogens is 2. The van der Waals surface area contributed by atoms with Gasteiger partial charge in [-0.05, 0) is 35.2 Å². The number of carbonyl (C=O) groups is 2. The average molecular weight is 433 g/mol. The number of amides is 1. The number of carboxylic acid groups (broad SMARTS) is 1. The first kappa shape index (κ1) is 21.8. The third kappa shape index (κ3) is 5.06. The number of carbonyl (C=O) groups excluding carboxylic acids is 1. The Balaban J connectivity index is 1.42. The van der Waals surface area contributed by atoms with E-state index in [-0.39, 0.29) is 11.8 Å². The molecule has 0 saturated carbocycles. The maximum atomic E-state index is 12.9. The van der Waals surface area contributed by atoms with Crippen molar-refractivity contribution in [2.24, 2.45) is 11.8 Å². The van der Waals surface area contributed by atoms with E-state index in [9.17, 15) is 9.59 Å². The van der Waals surface area contributed by atoms with Crippen LogP contribution in [0.25, 0.3) is 11.3 Å². The maximum absolute atomic E-state index is 12.9. The van der Waals surface area contributed by atoms with Crippen molar-refractivity contribution in [2.75, 3.05) is 18.4 Å². The van der Waals surface area contributed by atoms with Gasteiger partial charge < -0.3 is 10.4 Å². The third-order valence-corrected chi connectivity index (χ3v) is 5.54. The highest BCUT2D eigenvalue weighted by Gasteiger charge is 2.32. The van der Waals surface area contributed by atoms with Gasteiger partial charge in [0.25, 0.3) is 5.91 Å². The molecule has 0 atom stereocenters. The number of nitrogens with zero attached hydrogens (tertiary/aromatic N) is 3. The van der Waals surface area contributed by atoms with E-state index in [0.29, 0.717) is 36.9 Å². The van der Waals surface area contributed by atoms with Gasteiger partial charge in [-0.15, -0.1) is 0 Å². The summed E-state index contributed by atoms with van der Waals surface area (Å²) in [5.74, 6) is -0.835. The highest BCUT2D eigenvalue weighted by atomic mass is 16.4. The van der Waals surface area contributed by atoms with Gasteiger partial charge in [-0.2, -0.15) is 5.10 Å². The van der Waals surface area contributed by atoms with Gasteiger partial charge in [0, 0.05) is 31.9 Å². The van der Waals surface area contributed by atoms with Crippen LogP contribution < -0.4 is 5.32 Å². The van der Waals surface area contributed by atoms with Crippen molar-refractivity contribution >= 4 is 17.6 Å². The van der Waals surface area contributed by atoms with E-state index < -0.39 is 5.97 Å². The Bertz CT molecular complexity index is 1080.